The molecule has 0 amide bonds. The first-order chi connectivity index (χ1) is 27.8. The van der Waals surface area contributed by atoms with Gasteiger partial charge in [0.2, 0.25) is 0 Å². The van der Waals surface area contributed by atoms with Crippen LogP contribution in [0.1, 0.15) is 237 Å². The Kier molecular flexibility index (Phi) is 33.7. The Labute approximate surface area is 369 Å². The SMILES string of the molecule is CCCCP(CCCC)(CCCC)(CCCC)OP(O)OP(OP(CCCC)(CCCC)(CCCC)CCCC)OP(CCCC)(CCCC)(CCCC)CCCC. The monoisotopic (exact) mass is 921 g/mol. The number of unbranched alkanes of at least 4 members (excludes halogenated alkanes) is 12. The molecular formula is C48H109O5P5. The average Bonchev–Trinajstić information content (AvgIpc) is 3.23. The number of hydrogen-bond donors (Lipinski definition) is 1. The summed E-state index contributed by atoms with van der Waals surface area (Å²) in [6, 6.07) is 0. The van der Waals surface area contributed by atoms with Crippen LogP contribution in [0.15, 0.2) is 0 Å². The summed E-state index contributed by atoms with van der Waals surface area (Å²) in [7, 11) is -4.04. The van der Waals surface area contributed by atoms with Gasteiger partial charge in [-0.25, -0.2) is 0 Å². The summed E-state index contributed by atoms with van der Waals surface area (Å²) in [5, 5.41) is 0. The van der Waals surface area contributed by atoms with E-state index < -0.39 is 37.7 Å². The van der Waals surface area contributed by atoms with Crippen LogP contribution < -0.4 is 0 Å². The molecule has 356 valence electrons. The van der Waals surface area contributed by atoms with Gasteiger partial charge >= 0.3 is 371 Å². The third-order valence-corrected chi connectivity index (χ3v) is 39.6. The predicted octanol–water partition coefficient (Wildman–Crippen LogP) is 19.5. The molecule has 1 unspecified atom stereocenters. The molecule has 0 spiro atoms. The molecule has 0 aliphatic rings. The first-order valence-corrected chi connectivity index (χ1v) is 36.9. The van der Waals surface area contributed by atoms with E-state index in [0.717, 1.165) is 76.0 Å². The van der Waals surface area contributed by atoms with Crippen LogP contribution in [0.3, 0.4) is 0 Å². The van der Waals surface area contributed by atoms with Crippen molar-refractivity contribution < 1.29 is 22.1 Å². The van der Waals surface area contributed by atoms with Gasteiger partial charge in [-0.2, -0.15) is 0 Å². The summed E-state index contributed by atoms with van der Waals surface area (Å²) in [4.78, 5) is 12.8. The minimum absolute atomic E-state index is 1.11. The van der Waals surface area contributed by atoms with Gasteiger partial charge < -0.3 is 0 Å². The Morgan fingerprint density at radius 2 is 0.431 bits per heavy atom. The molecule has 0 rings (SSSR count). The first kappa shape index (κ1) is 60.0. The van der Waals surface area contributed by atoms with Gasteiger partial charge in [-0.1, -0.05) is 0 Å². The van der Waals surface area contributed by atoms with Crippen molar-refractivity contribution in [3.8, 4) is 0 Å². The molecule has 0 aromatic rings. The molecular weight excluding hydrogens is 811 g/mol. The van der Waals surface area contributed by atoms with Gasteiger partial charge in [0.15, 0.2) is 0 Å². The summed E-state index contributed by atoms with van der Waals surface area (Å²) < 4.78 is 31.5. The van der Waals surface area contributed by atoms with E-state index in [2.05, 4.69) is 83.1 Å². The van der Waals surface area contributed by atoms with Crippen LogP contribution >= 0.6 is 37.7 Å². The van der Waals surface area contributed by atoms with Crippen LogP contribution in [0.25, 0.3) is 0 Å². The molecule has 0 saturated carbocycles. The van der Waals surface area contributed by atoms with Crippen molar-refractivity contribution >= 4 is 37.7 Å². The molecule has 0 saturated heterocycles. The van der Waals surface area contributed by atoms with Crippen LogP contribution in [0.4, 0.5) is 0 Å². The summed E-state index contributed by atoms with van der Waals surface area (Å²) in [6.45, 7) is 19.7. The van der Waals surface area contributed by atoms with E-state index in [1.807, 2.05) is 0 Å². The summed E-state index contributed by atoms with van der Waals surface area (Å²) >= 11 is 0. The molecule has 0 heterocycles. The third kappa shape index (κ3) is 20.4. The Balaban J connectivity index is 8.26. The minimum atomic E-state index is -2.85. The van der Waals surface area contributed by atoms with Gasteiger partial charge in [-0.05, 0) is 0 Å². The second-order valence-corrected chi connectivity index (χ2v) is 39.3. The molecule has 0 aromatic heterocycles. The Morgan fingerprint density at radius 3 is 0.586 bits per heavy atom. The van der Waals surface area contributed by atoms with Crippen molar-refractivity contribution in [1.29, 1.82) is 0 Å². The quantitative estimate of drug-likeness (QED) is 0.0617. The van der Waals surface area contributed by atoms with E-state index in [1.54, 1.807) is 0 Å². The predicted molar refractivity (Wildman–Crippen MR) is 278 cm³/mol. The van der Waals surface area contributed by atoms with E-state index in [0.29, 0.717) is 0 Å². The fourth-order valence-corrected chi connectivity index (χ4v) is 37.8. The molecule has 1 N–H and O–H groups in total. The molecule has 0 aromatic carbocycles. The molecule has 0 aliphatic heterocycles. The molecule has 10 heteroatoms. The van der Waals surface area contributed by atoms with Gasteiger partial charge in [-0.15, -0.1) is 0 Å². The van der Waals surface area contributed by atoms with Gasteiger partial charge in [0, 0.05) is 0 Å². The first-order valence-electron chi connectivity index (χ1n) is 25.9. The Bertz CT molecular complexity index is 808. The number of hydrogen-bond acceptors (Lipinski definition) is 5. The van der Waals surface area contributed by atoms with Crippen LogP contribution in [-0.2, 0) is 17.2 Å². The maximum atomic E-state index is 12.8. The zero-order valence-corrected chi connectivity index (χ0v) is 46.2. The van der Waals surface area contributed by atoms with E-state index in [4.69, 9.17) is 17.2 Å². The maximum absolute atomic E-state index is 12.8. The average molecular weight is 921 g/mol. The number of rotatable bonds is 44. The van der Waals surface area contributed by atoms with Gasteiger partial charge in [-0.3, -0.25) is 0 Å². The van der Waals surface area contributed by atoms with Crippen molar-refractivity contribution in [2.45, 2.75) is 237 Å². The van der Waals surface area contributed by atoms with E-state index >= 15 is 0 Å². The molecule has 1 atom stereocenters. The molecule has 0 aliphatic carbocycles. The summed E-state index contributed by atoms with van der Waals surface area (Å²) in [6.07, 6.45) is 42.1. The van der Waals surface area contributed by atoms with E-state index in [1.165, 1.54) is 152 Å². The summed E-state index contributed by atoms with van der Waals surface area (Å²) in [5.74, 6) is 0. The topological polar surface area (TPSA) is 57.2 Å². The van der Waals surface area contributed by atoms with E-state index in [9.17, 15) is 4.89 Å². The summed E-state index contributed by atoms with van der Waals surface area (Å²) in [5.41, 5.74) is 0. The fraction of sp³-hybridized carbons (Fsp3) is 1.00. The molecule has 0 radical (unpaired) electrons. The fourth-order valence-electron chi connectivity index (χ4n) is 9.89. The van der Waals surface area contributed by atoms with Gasteiger partial charge in [0.25, 0.3) is 0 Å². The van der Waals surface area contributed by atoms with E-state index in [-0.39, 0.29) is 0 Å². The van der Waals surface area contributed by atoms with Crippen molar-refractivity contribution in [2.24, 2.45) is 0 Å². The Hall–Kier alpha value is 1.95. The zero-order valence-electron chi connectivity index (χ0n) is 41.8. The molecule has 0 fully saturated rings. The van der Waals surface area contributed by atoms with Gasteiger partial charge in [0.1, 0.15) is 0 Å². The zero-order chi connectivity index (χ0) is 43.8. The standard InChI is InChI=1S/C48H109O5P5/c1-13-25-37-56(38-26-14-2,39-27-15-3,40-28-16-4)51-54(49)50-55(52-57(41-29-17-5,42-30-18-6,43-31-19-7)44-32-20-8)53-58(45-33-21-9,46-34-22-10,47-35-23-11)48-36-24-12/h49H,13-48H2,1-12H3. The normalized spacial score (nSPS) is 16.0. The van der Waals surface area contributed by atoms with Crippen LogP contribution in [0.5, 0.6) is 0 Å². The second kappa shape index (κ2) is 32.6. The van der Waals surface area contributed by atoms with Crippen molar-refractivity contribution in [3.63, 3.8) is 0 Å². The van der Waals surface area contributed by atoms with Crippen LogP contribution in [0, 0.1) is 0 Å². The molecule has 0 bridgehead atoms. The molecule has 58 heavy (non-hydrogen) atoms. The van der Waals surface area contributed by atoms with Gasteiger partial charge in [0.05, 0.1) is 0 Å². The van der Waals surface area contributed by atoms with Crippen LogP contribution in [-0.4, -0.2) is 78.8 Å². The van der Waals surface area contributed by atoms with Crippen molar-refractivity contribution in [1.82, 2.24) is 0 Å². The second-order valence-electron chi connectivity index (χ2n) is 19.3. The molecule has 5 nitrogen and oxygen atoms in total. The van der Waals surface area contributed by atoms with Crippen molar-refractivity contribution in [2.75, 3.05) is 73.9 Å². The third-order valence-electron chi connectivity index (χ3n) is 14.0. The van der Waals surface area contributed by atoms with Crippen molar-refractivity contribution in [3.05, 3.63) is 0 Å². The Morgan fingerprint density at radius 1 is 0.276 bits per heavy atom. The van der Waals surface area contributed by atoms with Crippen LogP contribution in [0.2, 0.25) is 0 Å².